The molecule has 22 heavy (non-hydrogen) atoms. The second-order valence-corrected chi connectivity index (χ2v) is 9.26. The summed E-state index contributed by atoms with van der Waals surface area (Å²) in [5.41, 5.74) is 0. The van der Waals surface area contributed by atoms with Crippen LogP contribution in [-0.4, -0.2) is 22.3 Å². The van der Waals surface area contributed by atoms with Crippen LogP contribution in [0, 0.1) is 29.6 Å². The number of hydrogen-bond donors (Lipinski definition) is 0. The van der Waals surface area contributed by atoms with Crippen molar-refractivity contribution in [1.82, 2.24) is 0 Å². The number of rotatable bonds is 6. The maximum absolute atomic E-state index is 12.1. The van der Waals surface area contributed by atoms with Crippen LogP contribution in [0.1, 0.15) is 59.3 Å². The highest BCUT2D eigenvalue weighted by atomic mass is 127. The number of carbonyl (C=O) groups is 1. The second kappa shape index (κ2) is 6.96. The Morgan fingerprint density at radius 2 is 1.91 bits per heavy atom. The molecule has 0 radical (unpaired) electrons. The van der Waals surface area contributed by atoms with Crippen molar-refractivity contribution < 1.29 is 14.3 Å². The summed E-state index contributed by atoms with van der Waals surface area (Å²) in [6.07, 6.45) is 7.53. The van der Waals surface area contributed by atoms with Gasteiger partial charge >= 0.3 is 5.97 Å². The van der Waals surface area contributed by atoms with E-state index >= 15 is 0 Å². The minimum atomic E-state index is -0.375. The van der Waals surface area contributed by atoms with Crippen molar-refractivity contribution in [3.63, 3.8) is 0 Å². The predicted octanol–water partition coefficient (Wildman–Crippen LogP) is 4.57. The number of esters is 1. The molecule has 3 saturated carbocycles. The minimum Gasteiger partial charge on any atom is -0.435 e. The molecule has 0 aromatic carbocycles. The van der Waals surface area contributed by atoms with Crippen molar-refractivity contribution >= 4 is 28.6 Å². The Bertz CT molecular complexity index is 411. The molecule has 0 N–H and O–H groups in total. The fourth-order valence-electron chi connectivity index (χ4n) is 5.01. The summed E-state index contributed by atoms with van der Waals surface area (Å²) in [6.45, 7) is 6.18. The van der Waals surface area contributed by atoms with Gasteiger partial charge in [0, 0.05) is 5.92 Å². The molecule has 0 aromatic rings. The first-order valence-corrected chi connectivity index (χ1v) is 10.3. The van der Waals surface area contributed by atoms with Gasteiger partial charge < -0.3 is 9.47 Å². The first kappa shape index (κ1) is 17.0. The molecule has 0 spiro atoms. The Labute approximate surface area is 148 Å². The molecular formula is C18H29IO3. The summed E-state index contributed by atoms with van der Waals surface area (Å²) in [4.78, 5) is 12.1. The summed E-state index contributed by atoms with van der Waals surface area (Å²) >= 11 is 2.16. The molecule has 4 heteroatoms. The lowest BCUT2D eigenvalue weighted by molar-refractivity contribution is -0.209. The monoisotopic (exact) mass is 420 g/mol. The smallest absolute Gasteiger partial charge is 0.321 e. The van der Waals surface area contributed by atoms with E-state index in [0.29, 0.717) is 6.10 Å². The van der Waals surface area contributed by atoms with Gasteiger partial charge in [0.25, 0.3) is 0 Å². The van der Waals surface area contributed by atoms with Crippen LogP contribution in [0.3, 0.4) is 0 Å². The van der Waals surface area contributed by atoms with Gasteiger partial charge in [-0.3, -0.25) is 4.79 Å². The molecule has 2 bridgehead atoms. The zero-order valence-electron chi connectivity index (χ0n) is 14.0. The number of alkyl halides is 1. The number of hydrogen-bond acceptors (Lipinski definition) is 3. The summed E-state index contributed by atoms with van der Waals surface area (Å²) in [5.74, 6) is 3.55. The summed E-state index contributed by atoms with van der Waals surface area (Å²) in [6, 6.07) is 0. The molecular weight excluding hydrogens is 391 g/mol. The van der Waals surface area contributed by atoms with E-state index in [1.165, 1.54) is 32.1 Å². The van der Waals surface area contributed by atoms with E-state index in [2.05, 4.69) is 36.4 Å². The summed E-state index contributed by atoms with van der Waals surface area (Å²) < 4.78 is 11.9. The second-order valence-electron chi connectivity index (χ2n) is 7.75. The Morgan fingerprint density at radius 1 is 1.18 bits per heavy atom. The molecule has 7 unspecified atom stereocenters. The zero-order chi connectivity index (χ0) is 15.9. The van der Waals surface area contributed by atoms with E-state index in [4.69, 9.17) is 9.47 Å². The van der Waals surface area contributed by atoms with Crippen LogP contribution in [0.25, 0.3) is 0 Å². The topological polar surface area (TPSA) is 35.5 Å². The van der Waals surface area contributed by atoms with Crippen LogP contribution < -0.4 is 0 Å². The highest BCUT2D eigenvalue weighted by Gasteiger charge is 2.54. The SMILES string of the molecule is CCC(I)C(=O)OC(OC1CC2CC1C1CCCC21)C(C)C. The van der Waals surface area contributed by atoms with E-state index in [-0.39, 0.29) is 22.1 Å². The van der Waals surface area contributed by atoms with Crippen LogP contribution >= 0.6 is 22.6 Å². The normalized spacial score (nSPS) is 39.0. The Hall–Kier alpha value is 0.160. The number of ether oxygens (including phenoxy) is 2. The Kier molecular flexibility index (Phi) is 5.38. The van der Waals surface area contributed by atoms with Gasteiger partial charge in [-0.15, -0.1) is 0 Å². The molecule has 0 aliphatic heterocycles. The molecule has 3 rings (SSSR count). The van der Waals surface area contributed by atoms with Gasteiger partial charge in [-0.1, -0.05) is 49.8 Å². The van der Waals surface area contributed by atoms with E-state index in [1.807, 2.05) is 6.92 Å². The van der Waals surface area contributed by atoms with Gasteiger partial charge in [0.1, 0.15) is 3.92 Å². The van der Waals surface area contributed by atoms with E-state index in [1.54, 1.807) is 0 Å². The maximum Gasteiger partial charge on any atom is 0.321 e. The standard InChI is InChI=1S/C18H29IO3/c1-4-15(19)17(20)22-18(10(2)3)21-16-9-11-8-14(16)13-7-5-6-12(11)13/h10-16,18H,4-9H2,1-3H3. The fraction of sp³-hybridized carbons (Fsp3) is 0.944. The predicted molar refractivity (Wildman–Crippen MR) is 94.7 cm³/mol. The van der Waals surface area contributed by atoms with Crippen LogP contribution in [-0.2, 0) is 14.3 Å². The molecule has 126 valence electrons. The zero-order valence-corrected chi connectivity index (χ0v) is 16.1. The molecule has 3 aliphatic rings. The van der Waals surface area contributed by atoms with Crippen molar-refractivity contribution in [3.05, 3.63) is 0 Å². The maximum atomic E-state index is 12.1. The van der Waals surface area contributed by atoms with Crippen LogP contribution in [0.5, 0.6) is 0 Å². The van der Waals surface area contributed by atoms with E-state index < -0.39 is 0 Å². The van der Waals surface area contributed by atoms with Crippen molar-refractivity contribution in [2.75, 3.05) is 0 Å². The number of fused-ring (bicyclic) bond motifs is 5. The van der Waals surface area contributed by atoms with E-state index in [0.717, 1.165) is 30.1 Å². The third kappa shape index (κ3) is 3.19. The first-order valence-electron chi connectivity index (χ1n) is 9.01. The van der Waals surface area contributed by atoms with Gasteiger partial charge in [-0.25, -0.2) is 0 Å². The highest BCUT2D eigenvalue weighted by molar-refractivity contribution is 14.1. The lowest BCUT2D eigenvalue weighted by atomic mass is 9.80. The molecule has 0 aromatic heterocycles. The third-order valence-corrected chi connectivity index (χ3v) is 7.46. The molecule has 3 nitrogen and oxygen atoms in total. The first-order chi connectivity index (χ1) is 10.5. The molecule has 0 amide bonds. The fourth-order valence-corrected chi connectivity index (χ4v) is 5.16. The molecule has 3 aliphatic carbocycles. The minimum absolute atomic E-state index is 0.0679. The van der Waals surface area contributed by atoms with Gasteiger partial charge in [0.2, 0.25) is 6.29 Å². The largest absolute Gasteiger partial charge is 0.435 e. The average molecular weight is 420 g/mol. The van der Waals surface area contributed by atoms with Crippen molar-refractivity contribution in [2.45, 2.75) is 75.6 Å². The van der Waals surface area contributed by atoms with Crippen molar-refractivity contribution in [3.8, 4) is 0 Å². The number of halogens is 1. The van der Waals surface area contributed by atoms with Crippen LogP contribution in [0.4, 0.5) is 0 Å². The van der Waals surface area contributed by atoms with Crippen LogP contribution in [0.2, 0.25) is 0 Å². The Morgan fingerprint density at radius 3 is 2.59 bits per heavy atom. The molecule has 7 atom stereocenters. The molecule has 3 fully saturated rings. The highest BCUT2D eigenvalue weighted by Crippen LogP contribution is 2.59. The van der Waals surface area contributed by atoms with Crippen molar-refractivity contribution in [2.24, 2.45) is 29.6 Å². The van der Waals surface area contributed by atoms with Gasteiger partial charge in [0.15, 0.2) is 0 Å². The summed E-state index contributed by atoms with van der Waals surface area (Å²) in [5, 5.41) is 0. The van der Waals surface area contributed by atoms with Gasteiger partial charge in [-0.05, 0) is 55.8 Å². The summed E-state index contributed by atoms with van der Waals surface area (Å²) in [7, 11) is 0. The lowest BCUT2D eigenvalue weighted by Crippen LogP contribution is -2.38. The molecule has 0 saturated heterocycles. The Balaban J connectivity index is 1.59. The number of carbonyl (C=O) groups excluding carboxylic acids is 1. The van der Waals surface area contributed by atoms with Crippen molar-refractivity contribution in [1.29, 1.82) is 0 Å². The third-order valence-electron chi connectivity index (χ3n) is 6.07. The van der Waals surface area contributed by atoms with Gasteiger partial charge in [0.05, 0.1) is 6.10 Å². The van der Waals surface area contributed by atoms with E-state index in [9.17, 15) is 4.79 Å². The van der Waals surface area contributed by atoms with Gasteiger partial charge in [-0.2, -0.15) is 0 Å². The quantitative estimate of drug-likeness (QED) is 0.273. The van der Waals surface area contributed by atoms with Crippen LogP contribution in [0.15, 0.2) is 0 Å². The average Bonchev–Trinajstić information content (AvgIpc) is 3.17. The lowest BCUT2D eigenvalue weighted by Gasteiger charge is -2.34. The molecule has 0 heterocycles.